The Kier molecular flexibility index (Phi) is 5.13. The highest BCUT2D eigenvalue weighted by atomic mass is 32.1. The minimum atomic E-state index is -0.896. The van der Waals surface area contributed by atoms with E-state index in [0.29, 0.717) is 35.3 Å². The predicted molar refractivity (Wildman–Crippen MR) is 99.6 cm³/mol. The summed E-state index contributed by atoms with van der Waals surface area (Å²) >= 11 is 1.48. The summed E-state index contributed by atoms with van der Waals surface area (Å²) in [6.45, 7) is 3.86. The molecule has 7 nitrogen and oxygen atoms in total. The van der Waals surface area contributed by atoms with Crippen molar-refractivity contribution in [3.05, 3.63) is 26.6 Å². The molecule has 0 saturated heterocycles. The van der Waals surface area contributed by atoms with Crippen molar-refractivity contribution in [3.63, 3.8) is 0 Å². The zero-order valence-electron chi connectivity index (χ0n) is 15.0. The van der Waals surface area contributed by atoms with Gasteiger partial charge in [-0.3, -0.25) is 14.4 Å². The minimum Gasteiger partial charge on any atom is -0.481 e. The number of aryl methyl sites for hydroxylation is 3. The Labute approximate surface area is 154 Å². The molecule has 0 bridgehead atoms. The number of amides is 1. The van der Waals surface area contributed by atoms with Crippen LogP contribution < -0.4 is 10.9 Å². The fourth-order valence-corrected chi connectivity index (χ4v) is 4.74. The van der Waals surface area contributed by atoms with E-state index in [-0.39, 0.29) is 24.3 Å². The predicted octanol–water partition coefficient (Wildman–Crippen LogP) is 2.44. The van der Waals surface area contributed by atoms with Gasteiger partial charge in [-0.25, -0.2) is 4.98 Å². The number of thiophene rings is 1. The van der Waals surface area contributed by atoms with Gasteiger partial charge in [-0.15, -0.1) is 11.3 Å². The number of H-pyrrole nitrogens is 1. The Morgan fingerprint density at radius 2 is 2.00 bits per heavy atom. The Morgan fingerprint density at radius 1 is 1.31 bits per heavy atom. The maximum atomic E-state index is 12.3. The normalized spacial score (nSPS) is 16.1. The number of nitrogens with one attached hydrogen (secondary N) is 2. The second-order valence-corrected chi connectivity index (χ2v) is 8.29. The molecule has 2 aromatic heterocycles. The van der Waals surface area contributed by atoms with Gasteiger partial charge in [0.15, 0.2) is 0 Å². The number of aliphatic carboxylic acids is 1. The third-order valence-electron chi connectivity index (χ3n) is 5.13. The molecule has 8 heteroatoms. The Morgan fingerprint density at radius 3 is 2.65 bits per heavy atom. The van der Waals surface area contributed by atoms with Crippen LogP contribution in [0.3, 0.4) is 0 Å². The van der Waals surface area contributed by atoms with E-state index < -0.39 is 11.5 Å². The first-order valence-electron chi connectivity index (χ1n) is 8.81. The zero-order chi connectivity index (χ0) is 18.9. The second-order valence-electron chi connectivity index (χ2n) is 7.08. The summed E-state index contributed by atoms with van der Waals surface area (Å²) in [4.78, 5) is 44.7. The molecule has 1 aliphatic rings. The summed E-state index contributed by atoms with van der Waals surface area (Å²) in [5, 5.41) is 12.7. The average Bonchev–Trinajstić information content (AvgIpc) is 3.10. The van der Waals surface area contributed by atoms with Crippen molar-refractivity contribution >= 4 is 33.4 Å². The van der Waals surface area contributed by atoms with E-state index in [2.05, 4.69) is 15.3 Å². The molecule has 0 aromatic carbocycles. The Balaban J connectivity index is 1.68. The number of carboxylic acid groups (broad SMARTS) is 1. The Hall–Kier alpha value is -2.22. The van der Waals surface area contributed by atoms with Gasteiger partial charge in [-0.1, -0.05) is 12.8 Å². The first-order chi connectivity index (χ1) is 12.3. The highest BCUT2D eigenvalue weighted by Gasteiger charge is 2.37. The fourth-order valence-electron chi connectivity index (χ4n) is 3.70. The van der Waals surface area contributed by atoms with E-state index >= 15 is 0 Å². The van der Waals surface area contributed by atoms with E-state index in [0.717, 1.165) is 23.3 Å². The molecule has 0 aliphatic heterocycles. The number of aromatic amines is 1. The standard InChI is InChI=1S/C18H23N3O4S/c1-10-11(2)26-17-15(10)16(25)19-12(20-17)5-6-13(22)21-18(9-14(23)24)7-3-4-8-18/h3-9H2,1-2H3,(H,21,22)(H,23,24)(H,19,20,25). The maximum Gasteiger partial charge on any atom is 0.305 e. The highest BCUT2D eigenvalue weighted by Crippen LogP contribution is 2.32. The number of hydrogen-bond acceptors (Lipinski definition) is 5. The van der Waals surface area contributed by atoms with Gasteiger partial charge in [0, 0.05) is 17.7 Å². The van der Waals surface area contributed by atoms with Gasteiger partial charge in [0.05, 0.1) is 17.3 Å². The molecule has 26 heavy (non-hydrogen) atoms. The summed E-state index contributed by atoms with van der Waals surface area (Å²) in [7, 11) is 0. The van der Waals surface area contributed by atoms with Gasteiger partial charge in [-0.2, -0.15) is 0 Å². The van der Waals surface area contributed by atoms with Crippen LogP contribution in [0.2, 0.25) is 0 Å². The molecule has 3 N–H and O–H groups in total. The smallest absolute Gasteiger partial charge is 0.305 e. The largest absolute Gasteiger partial charge is 0.481 e. The van der Waals surface area contributed by atoms with Crippen LogP contribution in [-0.2, 0) is 16.0 Å². The molecule has 0 radical (unpaired) electrons. The van der Waals surface area contributed by atoms with Crippen LogP contribution in [-0.4, -0.2) is 32.5 Å². The summed E-state index contributed by atoms with van der Waals surface area (Å²) < 4.78 is 0. The van der Waals surface area contributed by atoms with E-state index in [9.17, 15) is 14.4 Å². The van der Waals surface area contributed by atoms with Gasteiger partial charge in [0.2, 0.25) is 5.91 Å². The van der Waals surface area contributed by atoms with E-state index in [1.165, 1.54) is 11.3 Å². The van der Waals surface area contributed by atoms with Crippen molar-refractivity contribution in [2.45, 2.75) is 64.3 Å². The highest BCUT2D eigenvalue weighted by molar-refractivity contribution is 7.18. The summed E-state index contributed by atoms with van der Waals surface area (Å²) in [5.41, 5.74) is 0.140. The topological polar surface area (TPSA) is 112 Å². The lowest BCUT2D eigenvalue weighted by molar-refractivity contribution is -0.139. The number of fused-ring (bicyclic) bond motifs is 1. The molecular weight excluding hydrogens is 354 g/mol. The molecule has 1 fully saturated rings. The number of carbonyl (C=O) groups excluding carboxylic acids is 1. The lowest BCUT2D eigenvalue weighted by Crippen LogP contribution is -2.47. The Bertz CT molecular complexity index is 909. The average molecular weight is 377 g/mol. The molecular formula is C18H23N3O4S. The van der Waals surface area contributed by atoms with E-state index in [1.807, 2.05) is 13.8 Å². The summed E-state index contributed by atoms with van der Waals surface area (Å²) in [6, 6.07) is 0. The number of rotatable bonds is 6. The van der Waals surface area contributed by atoms with Crippen molar-refractivity contribution in [1.82, 2.24) is 15.3 Å². The molecule has 0 spiro atoms. The quantitative estimate of drug-likeness (QED) is 0.716. The van der Waals surface area contributed by atoms with Crippen LogP contribution in [0.1, 0.15) is 54.8 Å². The van der Waals surface area contributed by atoms with Gasteiger partial charge in [0.1, 0.15) is 10.7 Å². The monoisotopic (exact) mass is 377 g/mol. The van der Waals surface area contributed by atoms with Crippen LogP contribution in [0.25, 0.3) is 10.2 Å². The third kappa shape index (κ3) is 3.80. The lowest BCUT2D eigenvalue weighted by Gasteiger charge is -2.28. The number of nitrogens with zero attached hydrogens (tertiary/aromatic N) is 1. The fraction of sp³-hybridized carbons (Fsp3) is 0.556. The molecule has 0 atom stereocenters. The van der Waals surface area contributed by atoms with Crippen LogP contribution >= 0.6 is 11.3 Å². The van der Waals surface area contributed by atoms with Crippen LogP contribution in [0, 0.1) is 13.8 Å². The third-order valence-corrected chi connectivity index (χ3v) is 6.23. The molecule has 1 amide bonds. The number of carboxylic acids is 1. The molecule has 2 aromatic rings. The molecule has 1 saturated carbocycles. The summed E-state index contributed by atoms with van der Waals surface area (Å²) in [5.74, 6) is -0.612. The van der Waals surface area contributed by atoms with Gasteiger partial charge in [0.25, 0.3) is 5.56 Å². The van der Waals surface area contributed by atoms with Gasteiger partial charge >= 0.3 is 5.97 Å². The van der Waals surface area contributed by atoms with Crippen molar-refractivity contribution in [1.29, 1.82) is 0 Å². The van der Waals surface area contributed by atoms with E-state index in [4.69, 9.17) is 5.11 Å². The van der Waals surface area contributed by atoms with Crippen molar-refractivity contribution < 1.29 is 14.7 Å². The SMILES string of the molecule is Cc1sc2nc(CCC(=O)NC3(CC(=O)O)CCCC3)[nH]c(=O)c2c1C. The summed E-state index contributed by atoms with van der Waals surface area (Å²) in [6.07, 6.45) is 3.68. The van der Waals surface area contributed by atoms with Crippen LogP contribution in [0.4, 0.5) is 0 Å². The van der Waals surface area contributed by atoms with Crippen molar-refractivity contribution in [2.24, 2.45) is 0 Å². The first kappa shape index (κ1) is 18.6. The van der Waals surface area contributed by atoms with Gasteiger partial charge < -0.3 is 15.4 Å². The number of carbonyl (C=O) groups is 2. The van der Waals surface area contributed by atoms with Crippen molar-refractivity contribution in [2.75, 3.05) is 0 Å². The first-order valence-corrected chi connectivity index (χ1v) is 9.63. The molecule has 1 aliphatic carbocycles. The number of hydrogen-bond donors (Lipinski definition) is 3. The van der Waals surface area contributed by atoms with Crippen molar-refractivity contribution in [3.8, 4) is 0 Å². The second kappa shape index (κ2) is 7.19. The maximum absolute atomic E-state index is 12.3. The van der Waals surface area contributed by atoms with E-state index in [1.54, 1.807) is 0 Å². The molecule has 140 valence electrons. The van der Waals surface area contributed by atoms with Gasteiger partial charge in [-0.05, 0) is 32.3 Å². The molecule has 0 unspecified atom stereocenters. The zero-order valence-corrected chi connectivity index (χ0v) is 15.8. The lowest BCUT2D eigenvalue weighted by atomic mass is 9.93. The minimum absolute atomic E-state index is 0.0481. The van der Waals surface area contributed by atoms with Crippen LogP contribution in [0.5, 0.6) is 0 Å². The molecule has 3 rings (SSSR count). The van der Waals surface area contributed by atoms with Crippen LogP contribution in [0.15, 0.2) is 4.79 Å². The molecule has 2 heterocycles. The number of aromatic nitrogens is 2.